The van der Waals surface area contributed by atoms with Crippen LogP contribution in [0.1, 0.15) is 213 Å². The van der Waals surface area contributed by atoms with E-state index in [1.54, 1.807) is 0 Å². The fourth-order valence-electron chi connectivity index (χ4n) is 15.7. The highest BCUT2D eigenvalue weighted by atomic mass is 15.2. The van der Waals surface area contributed by atoms with E-state index in [2.05, 4.69) is 299 Å². The van der Waals surface area contributed by atoms with Gasteiger partial charge in [0.2, 0.25) is 0 Å². The number of benzene rings is 8. The van der Waals surface area contributed by atoms with Crippen molar-refractivity contribution in [3.63, 3.8) is 0 Å². The van der Waals surface area contributed by atoms with Crippen LogP contribution >= 0.6 is 0 Å². The summed E-state index contributed by atoms with van der Waals surface area (Å²) in [5.74, 6) is 0. The first kappa shape index (κ1) is 56.4. The number of anilines is 9. The zero-order valence-corrected chi connectivity index (χ0v) is 54.6. The molecule has 0 aromatic heterocycles. The Kier molecular flexibility index (Phi) is 12.3. The molecule has 5 aliphatic rings. The Labute approximate surface area is 506 Å². The first-order valence-electron chi connectivity index (χ1n) is 31.7. The van der Waals surface area contributed by atoms with Crippen LogP contribution in [0.4, 0.5) is 51.2 Å². The van der Waals surface area contributed by atoms with E-state index in [-0.39, 0.29) is 50.0 Å². The summed E-state index contributed by atoms with van der Waals surface area (Å²) in [6.07, 6.45) is 4.67. The maximum Gasteiger partial charge on any atom is 0.252 e. The fraction of sp³-hybridized carbons (Fsp3) is 0.400. The van der Waals surface area contributed by atoms with Crippen molar-refractivity contribution in [1.29, 1.82) is 0 Å². The van der Waals surface area contributed by atoms with Crippen molar-refractivity contribution in [2.45, 2.75) is 207 Å². The van der Waals surface area contributed by atoms with Gasteiger partial charge in [-0.2, -0.15) is 0 Å². The Bertz CT molecular complexity index is 3950. The smallest absolute Gasteiger partial charge is 0.252 e. The van der Waals surface area contributed by atoms with Crippen LogP contribution in [-0.2, 0) is 43.3 Å². The minimum absolute atomic E-state index is 0.0134. The van der Waals surface area contributed by atoms with E-state index in [0.717, 1.165) is 29.9 Å². The molecule has 0 saturated carbocycles. The average molecular weight is 1110 g/mol. The minimum atomic E-state index is -0.295. The number of aryl methyl sites for hydroxylation is 1. The van der Waals surface area contributed by atoms with Gasteiger partial charge in [0.05, 0.1) is 5.69 Å². The standard InChI is InChI=1S/C80H92BN3/c1-49-42-69-72-70(43-49)84(66-23-21-22-58-57-35-28-52(75(8,9)10)44-60(57)80(19,20)71(58)66)67-46-56(82(53-29-24-50(25-30-53)73(2,3)4)54-31-26-51(27-32-54)74(5,6)7)34-37-64(67)81(72)65-47-62-63(79(17,18)41-40-78(62,15)16)48-68(65)83(69)55-33-36-59-61(45-55)77(13,14)39-38-76(59,11)12/h21-37,42-48H,38-41H2,1-20H3. The number of rotatable bonds is 5. The maximum absolute atomic E-state index is 2.73. The van der Waals surface area contributed by atoms with Gasteiger partial charge in [0.25, 0.3) is 6.71 Å². The van der Waals surface area contributed by atoms with Crippen molar-refractivity contribution in [2.75, 3.05) is 14.7 Å². The zero-order chi connectivity index (χ0) is 60.0. The quantitative estimate of drug-likeness (QED) is 0.159. The van der Waals surface area contributed by atoms with Gasteiger partial charge in [-0.05, 0) is 226 Å². The molecule has 4 heteroatoms. The zero-order valence-electron chi connectivity index (χ0n) is 54.6. The van der Waals surface area contributed by atoms with E-state index in [1.807, 2.05) is 0 Å². The molecule has 3 nitrogen and oxygen atoms in total. The van der Waals surface area contributed by atoms with Crippen LogP contribution in [0.2, 0.25) is 0 Å². The second-order valence-electron chi connectivity index (χ2n) is 32.6. The molecule has 84 heavy (non-hydrogen) atoms. The fourth-order valence-corrected chi connectivity index (χ4v) is 15.7. The largest absolute Gasteiger partial charge is 0.311 e. The third kappa shape index (κ3) is 8.70. The lowest BCUT2D eigenvalue weighted by molar-refractivity contribution is 0.332. The van der Waals surface area contributed by atoms with Gasteiger partial charge in [-0.3, -0.25) is 0 Å². The molecule has 0 unspecified atom stereocenters. The second kappa shape index (κ2) is 18.4. The van der Waals surface area contributed by atoms with E-state index in [4.69, 9.17) is 0 Å². The first-order chi connectivity index (χ1) is 39.2. The molecule has 13 rings (SSSR count). The van der Waals surface area contributed by atoms with E-state index in [9.17, 15) is 0 Å². The van der Waals surface area contributed by atoms with Gasteiger partial charge >= 0.3 is 0 Å². The molecule has 0 bridgehead atoms. The Balaban J connectivity index is 1.13. The summed E-state index contributed by atoms with van der Waals surface area (Å²) in [7, 11) is 0. The summed E-state index contributed by atoms with van der Waals surface area (Å²) in [6, 6.07) is 58.8. The third-order valence-electron chi connectivity index (χ3n) is 21.3. The van der Waals surface area contributed by atoms with Crippen molar-refractivity contribution in [2.24, 2.45) is 0 Å². The number of nitrogens with zero attached hydrogens (tertiary/aromatic N) is 3. The van der Waals surface area contributed by atoms with Crippen LogP contribution in [-0.4, -0.2) is 6.71 Å². The van der Waals surface area contributed by atoms with Crippen molar-refractivity contribution in [1.82, 2.24) is 0 Å². The van der Waals surface area contributed by atoms with Gasteiger partial charge in [0.15, 0.2) is 0 Å². The van der Waals surface area contributed by atoms with Crippen LogP contribution in [0.25, 0.3) is 11.1 Å². The summed E-state index contributed by atoms with van der Waals surface area (Å²) < 4.78 is 0. The molecule has 3 aliphatic carbocycles. The molecule has 0 N–H and O–H groups in total. The van der Waals surface area contributed by atoms with Crippen LogP contribution in [0.15, 0.2) is 146 Å². The lowest BCUT2D eigenvalue weighted by atomic mass is 9.33. The lowest BCUT2D eigenvalue weighted by Gasteiger charge is -2.48. The monoisotopic (exact) mass is 1110 g/mol. The summed E-state index contributed by atoms with van der Waals surface area (Å²) >= 11 is 0. The Hall–Kier alpha value is -6.78. The van der Waals surface area contributed by atoms with E-state index in [1.165, 1.54) is 130 Å². The van der Waals surface area contributed by atoms with Crippen LogP contribution < -0.4 is 31.1 Å². The van der Waals surface area contributed by atoms with Gasteiger partial charge in [-0.25, -0.2) is 0 Å². The highest BCUT2D eigenvalue weighted by Gasteiger charge is 2.49. The molecule has 8 aromatic carbocycles. The second-order valence-corrected chi connectivity index (χ2v) is 32.6. The predicted octanol–water partition coefficient (Wildman–Crippen LogP) is 20.4. The molecule has 8 aromatic rings. The van der Waals surface area contributed by atoms with Gasteiger partial charge in [-0.15, -0.1) is 0 Å². The highest BCUT2D eigenvalue weighted by molar-refractivity contribution is 7.00. The van der Waals surface area contributed by atoms with E-state index in [0.29, 0.717) is 0 Å². The van der Waals surface area contributed by atoms with Crippen LogP contribution in [0.3, 0.4) is 0 Å². The summed E-state index contributed by atoms with van der Waals surface area (Å²) in [6.45, 7) is 48.1. The highest BCUT2D eigenvalue weighted by Crippen LogP contribution is 2.58. The Morgan fingerprint density at radius 1 is 0.381 bits per heavy atom. The van der Waals surface area contributed by atoms with Gasteiger partial charge < -0.3 is 14.7 Å². The first-order valence-corrected chi connectivity index (χ1v) is 31.7. The van der Waals surface area contributed by atoms with E-state index < -0.39 is 0 Å². The van der Waals surface area contributed by atoms with Gasteiger partial charge in [0, 0.05) is 50.9 Å². The minimum Gasteiger partial charge on any atom is -0.311 e. The molecule has 0 fully saturated rings. The number of hydrogen-bond acceptors (Lipinski definition) is 3. The molecular formula is C80H92BN3. The summed E-state index contributed by atoms with van der Waals surface area (Å²) in [5, 5.41) is 0. The van der Waals surface area contributed by atoms with Crippen LogP contribution in [0.5, 0.6) is 0 Å². The Morgan fingerprint density at radius 2 is 0.869 bits per heavy atom. The lowest BCUT2D eigenvalue weighted by Crippen LogP contribution is -2.62. The van der Waals surface area contributed by atoms with Gasteiger partial charge in [0.1, 0.15) is 0 Å². The molecular weight excluding hydrogens is 1010 g/mol. The molecule has 0 radical (unpaired) electrons. The van der Waals surface area contributed by atoms with Gasteiger partial charge in [-0.1, -0.05) is 204 Å². The molecule has 0 amide bonds. The van der Waals surface area contributed by atoms with Crippen molar-refractivity contribution in [3.8, 4) is 11.1 Å². The van der Waals surface area contributed by atoms with Crippen molar-refractivity contribution in [3.05, 3.63) is 201 Å². The number of fused-ring (bicyclic) bond motifs is 9. The number of hydrogen-bond donors (Lipinski definition) is 0. The molecule has 430 valence electrons. The third-order valence-corrected chi connectivity index (χ3v) is 21.3. The molecule has 2 heterocycles. The van der Waals surface area contributed by atoms with Crippen molar-refractivity contribution < 1.29 is 0 Å². The Morgan fingerprint density at radius 3 is 1.43 bits per heavy atom. The molecule has 0 atom stereocenters. The topological polar surface area (TPSA) is 9.72 Å². The molecule has 0 spiro atoms. The van der Waals surface area contributed by atoms with Crippen LogP contribution in [0, 0.1) is 6.92 Å². The molecule has 2 aliphatic heterocycles. The average Bonchev–Trinajstić information content (AvgIpc) is 0.959. The summed E-state index contributed by atoms with van der Waals surface area (Å²) in [4.78, 5) is 7.96. The SMILES string of the molecule is Cc1cc2c3c(c1)N(c1cccc4c1C(C)(C)c1cc(C(C)(C)C)ccc1-4)c1cc(N(c4ccc(C(C)(C)C)cc4)c4ccc(C(C)(C)C)cc4)ccc1B3c1cc3c(cc1N2c1ccc2c(c1)C(C)(C)CCC2(C)C)C(C)(C)CCC3(C)C. The van der Waals surface area contributed by atoms with Crippen molar-refractivity contribution >= 4 is 74.3 Å². The maximum atomic E-state index is 2.73. The summed E-state index contributed by atoms with van der Waals surface area (Å²) in [5.41, 5.74) is 31.8. The van der Waals surface area contributed by atoms with E-state index >= 15 is 0 Å². The molecule has 0 saturated heterocycles. The normalized spacial score (nSPS) is 18.2. The predicted molar refractivity (Wildman–Crippen MR) is 364 cm³/mol.